The van der Waals surface area contributed by atoms with Gasteiger partial charge >= 0.3 is 0 Å². The van der Waals surface area contributed by atoms with Gasteiger partial charge in [-0.25, -0.2) is 0 Å². The number of rotatable bonds is 10. The molecule has 2 aliphatic heterocycles. The first-order valence-corrected chi connectivity index (χ1v) is 16.0. The Hall–Kier alpha value is -4.44. The van der Waals surface area contributed by atoms with Gasteiger partial charge in [0, 0.05) is 31.0 Å². The molecule has 2 heterocycles. The Bertz CT molecular complexity index is 1740. The molecule has 47 heavy (non-hydrogen) atoms. The summed E-state index contributed by atoms with van der Waals surface area (Å²) < 4.78 is 28.1. The smallest absolute Gasteiger partial charge is 0.169 e. The van der Waals surface area contributed by atoms with Crippen molar-refractivity contribution in [2.75, 3.05) is 55.6 Å². The van der Waals surface area contributed by atoms with Gasteiger partial charge in [0.15, 0.2) is 34.5 Å². The van der Waals surface area contributed by atoms with E-state index in [9.17, 15) is 10.3 Å². The molecule has 3 atom stereocenters. The number of likely N-dealkylation sites (N-methyl/N-ethyl adjacent to an activating group) is 2. The zero-order valence-corrected chi connectivity index (χ0v) is 28.0. The summed E-state index contributed by atoms with van der Waals surface area (Å²) in [4.78, 5) is 2.35. The lowest BCUT2D eigenvalue weighted by Gasteiger charge is -2.49. The summed E-state index contributed by atoms with van der Waals surface area (Å²) in [5.41, 5.74) is 6.66. The minimum Gasteiger partial charge on any atom is -0.633 e. The fraction of sp³-hybridized carbons (Fsp3) is 0.368. The summed E-state index contributed by atoms with van der Waals surface area (Å²) in [6, 6.07) is 21.3. The maximum absolute atomic E-state index is 13.6. The number of phenolic OH excluding ortho intramolecular Hbond substituents is 1. The molecule has 0 bridgehead atoms. The van der Waals surface area contributed by atoms with Gasteiger partial charge in [0.05, 0.1) is 42.0 Å². The second kappa shape index (κ2) is 13.4. The number of hydroxylamine groups is 3. The molecule has 0 radical (unpaired) electrons. The molecule has 9 heteroatoms. The minimum atomic E-state index is -0.359. The molecule has 1 N–H and O–H groups in total. The van der Waals surface area contributed by atoms with Crippen LogP contribution in [0.3, 0.4) is 0 Å². The summed E-state index contributed by atoms with van der Waals surface area (Å²) in [6.07, 6.45) is 2.93. The number of hydrogen-bond acceptors (Lipinski definition) is 8. The van der Waals surface area contributed by atoms with E-state index in [1.165, 1.54) is 11.1 Å². The van der Waals surface area contributed by atoms with Crippen LogP contribution >= 0.6 is 0 Å². The average molecular weight is 641 g/mol. The summed E-state index contributed by atoms with van der Waals surface area (Å²) >= 11 is 0. The van der Waals surface area contributed by atoms with Crippen LogP contribution in [-0.2, 0) is 25.7 Å². The Labute approximate surface area is 277 Å². The van der Waals surface area contributed by atoms with E-state index in [-0.39, 0.29) is 22.5 Å². The normalized spacial score (nSPS) is 20.6. The van der Waals surface area contributed by atoms with Crippen LogP contribution < -0.4 is 23.7 Å². The predicted molar refractivity (Wildman–Crippen MR) is 181 cm³/mol. The summed E-state index contributed by atoms with van der Waals surface area (Å²) in [5.74, 6) is 3.84. The summed E-state index contributed by atoms with van der Waals surface area (Å²) in [7, 11) is 10.4. The molecule has 0 fully saturated rings. The molecule has 4 aromatic rings. The van der Waals surface area contributed by atoms with E-state index in [4.69, 9.17) is 23.7 Å². The van der Waals surface area contributed by atoms with E-state index < -0.39 is 0 Å². The number of benzene rings is 4. The first kappa shape index (κ1) is 32.5. The third-order valence-corrected chi connectivity index (χ3v) is 9.79. The molecular weight excluding hydrogens is 596 g/mol. The van der Waals surface area contributed by atoms with Crippen molar-refractivity contribution in [2.45, 2.75) is 37.8 Å². The molecule has 2 aliphatic rings. The van der Waals surface area contributed by atoms with Crippen molar-refractivity contribution in [2.24, 2.45) is 0 Å². The number of phenols is 1. The second-order valence-electron chi connectivity index (χ2n) is 12.7. The number of fused-ring (bicyclic) bond motifs is 2. The molecule has 0 aromatic heterocycles. The number of hydrogen-bond donors (Lipinski definition) is 1. The number of quaternary nitrogens is 1. The van der Waals surface area contributed by atoms with E-state index in [1.807, 2.05) is 48.5 Å². The molecule has 6 rings (SSSR count). The Morgan fingerprint density at radius 1 is 0.723 bits per heavy atom. The first-order chi connectivity index (χ1) is 22.6. The quantitative estimate of drug-likeness (QED) is 0.150. The van der Waals surface area contributed by atoms with Gasteiger partial charge in [-0.3, -0.25) is 4.90 Å². The van der Waals surface area contributed by atoms with Crippen LogP contribution in [-0.4, -0.2) is 70.3 Å². The minimum absolute atomic E-state index is 0.0734. The molecule has 9 nitrogen and oxygen atoms in total. The largest absolute Gasteiger partial charge is 0.633 e. The number of aromatic hydroxyl groups is 1. The highest BCUT2D eigenvalue weighted by molar-refractivity contribution is 5.51. The van der Waals surface area contributed by atoms with Gasteiger partial charge in [0.1, 0.15) is 11.8 Å². The molecule has 0 saturated carbocycles. The molecule has 248 valence electrons. The number of nitrogens with zero attached hydrogens (tertiary/aromatic N) is 2. The molecule has 0 amide bonds. The molecular formula is C38H44N2O7. The van der Waals surface area contributed by atoms with Crippen LogP contribution in [0.25, 0.3) is 0 Å². The van der Waals surface area contributed by atoms with Crippen molar-refractivity contribution in [3.63, 3.8) is 0 Å². The SMILES string of the molecule is COc1cc2c(cc1OC)[C@@H](Cc1ccc(O)c(Oc3ccc(C[C@@H]4c5cc(OC)c(OC)cc5CC[N@@+]4(C)[O-])cc3)c1)N(C)CC2. The van der Waals surface area contributed by atoms with Gasteiger partial charge in [-0.2, -0.15) is 0 Å². The third-order valence-electron chi connectivity index (χ3n) is 9.79. The lowest BCUT2D eigenvalue weighted by molar-refractivity contribution is -0.894. The van der Waals surface area contributed by atoms with Crippen LogP contribution in [0.2, 0.25) is 0 Å². The maximum atomic E-state index is 13.6. The molecule has 0 spiro atoms. The van der Waals surface area contributed by atoms with Gasteiger partial charge in [0.25, 0.3) is 0 Å². The first-order valence-electron chi connectivity index (χ1n) is 16.0. The van der Waals surface area contributed by atoms with Crippen molar-refractivity contribution >= 4 is 0 Å². The highest BCUT2D eigenvalue weighted by atomic mass is 16.5. The zero-order valence-electron chi connectivity index (χ0n) is 28.0. The van der Waals surface area contributed by atoms with Crippen LogP contribution in [0.4, 0.5) is 0 Å². The van der Waals surface area contributed by atoms with E-state index in [2.05, 4.69) is 24.1 Å². The zero-order chi connectivity index (χ0) is 33.3. The molecule has 0 aliphatic carbocycles. The van der Waals surface area contributed by atoms with E-state index >= 15 is 0 Å². The molecule has 4 aromatic carbocycles. The summed E-state index contributed by atoms with van der Waals surface area (Å²) in [5, 5.41) is 24.4. The fourth-order valence-corrected chi connectivity index (χ4v) is 7.01. The average Bonchev–Trinajstić information content (AvgIpc) is 3.08. The van der Waals surface area contributed by atoms with Crippen molar-refractivity contribution in [3.8, 4) is 40.2 Å². The van der Waals surface area contributed by atoms with Crippen molar-refractivity contribution in [1.82, 2.24) is 4.90 Å². The topological polar surface area (TPSA) is 92.7 Å². The van der Waals surface area contributed by atoms with Gasteiger partial charge < -0.3 is 38.6 Å². The van der Waals surface area contributed by atoms with Crippen molar-refractivity contribution in [1.29, 1.82) is 0 Å². The van der Waals surface area contributed by atoms with E-state index in [0.29, 0.717) is 42.4 Å². The predicted octanol–water partition coefficient (Wildman–Crippen LogP) is 6.77. The van der Waals surface area contributed by atoms with Gasteiger partial charge in [-0.1, -0.05) is 18.2 Å². The van der Waals surface area contributed by atoms with Crippen LogP contribution in [0.5, 0.6) is 40.2 Å². The third kappa shape index (κ3) is 6.56. The van der Waals surface area contributed by atoms with Crippen LogP contribution in [0, 0.1) is 5.21 Å². The van der Waals surface area contributed by atoms with Gasteiger partial charge in [0.2, 0.25) is 0 Å². The number of methoxy groups -OCH3 is 4. The monoisotopic (exact) mass is 640 g/mol. The van der Waals surface area contributed by atoms with Gasteiger partial charge in [-0.15, -0.1) is 0 Å². The van der Waals surface area contributed by atoms with E-state index in [0.717, 1.165) is 53.1 Å². The Morgan fingerprint density at radius 3 is 1.94 bits per heavy atom. The van der Waals surface area contributed by atoms with Crippen molar-refractivity contribution < 1.29 is 33.4 Å². The summed E-state index contributed by atoms with van der Waals surface area (Å²) in [6.45, 7) is 1.42. The lowest BCUT2D eigenvalue weighted by Crippen LogP contribution is -2.47. The molecule has 0 saturated heterocycles. The van der Waals surface area contributed by atoms with Crippen molar-refractivity contribution in [3.05, 3.63) is 105 Å². The lowest BCUT2D eigenvalue weighted by atomic mass is 9.88. The number of ether oxygens (including phenoxy) is 5. The Morgan fingerprint density at radius 2 is 1.30 bits per heavy atom. The maximum Gasteiger partial charge on any atom is 0.169 e. The van der Waals surface area contributed by atoms with Crippen LogP contribution in [0.15, 0.2) is 66.7 Å². The Kier molecular flexibility index (Phi) is 9.23. The molecule has 0 unspecified atom stereocenters. The van der Waals surface area contributed by atoms with Gasteiger partial charge in [-0.05, 0) is 96.2 Å². The Balaban J connectivity index is 1.20. The second-order valence-corrected chi connectivity index (χ2v) is 12.7. The van der Waals surface area contributed by atoms with Crippen LogP contribution in [0.1, 0.15) is 45.5 Å². The standard InChI is InChI=1S/C38H44N2O7/c1-39-15-13-26-20-35(43-3)37(45-5)22-29(26)31(39)17-25-9-12-33(41)34(19-25)47-28-10-7-24(8-11-28)18-32-30-23-38(46-6)36(44-4)21-27(30)14-16-40(32,2)42/h7-12,19-23,31-32,41H,13-18H2,1-6H3/t31-,32-,40-/m1/s1. The fourth-order valence-electron chi connectivity index (χ4n) is 7.01. The van der Waals surface area contributed by atoms with E-state index in [1.54, 1.807) is 41.6 Å². The highest BCUT2D eigenvalue weighted by Gasteiger charge is 2.34. The highest BCUT2D eigenvalue weighted by Crippen LogP contribution is 2.43.